The molecule has 0 aromatic heterocycles. The normalized spacial score (nSPS) is 14.9. The van der Waals surface area contributed by atoms with Crippen molar-refractivity contribution in [2.45, 2.75) is 13.3 Å². The highest BCUT2D eigenvalue weighted by Crippen LogP contribution is 2.27. The quantitative estimate of drug-likeness (QED) is 0.831. The van der Waals surface area contributed by atoms with E-state index in [9.17, 15) is 4.79 Å². The van der Waals surface area contributed by atoms with E-state index < -0.39 is 0 Å². The summed E-state index contributed by atoms with van der Waals surface area (Å²) in [5.74, 6) is 1.02. The second-order valence-electron chi connectivity index (χ2n) is 6.77. The number of nitrogens with zero attached hydrogens (tertiary/aromatic N) is 1. The Balaban J connectivity index is 1.45. The minimum Gasteiger partial charge on any atom is -0.495 e. The van der Waals surface area contributed by atoms with Crippen molar-refractivity contribution in [3.05, 3.63) is 54.1 Å². The molecule has 2 N–H and O–H groups in total. The van der Waals surface area contributed by atoms with E-state index in [1.54, 1.807) is 7.11 Å². The molecule has 1 fully saturated rings. The summed E-state index contributed by atoms with van der Waals surface area (Å²) < 4.78 is 5.47. The first-order valence-corrected chi connectivity index (χ1v) is 9.24. The van der Waals surface area contributed by atoms with Crippen LogP contribution in [0.2, 0.25) is 0 Å². The lowest BCUT2D eigenvalue weighted by Crippen LogP contribution is -3.15. The van der Waals surface area contributed by atoms with Crippen LogP contribution in [0.5, 0.6) is 5.75 Å². The van der Waals surface area contributed by atoms with E-state index in [0.717, 1.165) is 55.4 Å². The lowest BCUT2D eigenvalue weighted by molar-refractivity contribution is -0.900. The number of ether oxygens (including phenoxy) is 1. The second kappa shape index (κ2) is 8.72. The fourth-order valence-electron chi connectivity index (χ4n) is 3.42. The van der Waals surface area contributed by atoms with Gasteiger partial charge < -0.3 is 19.9 Å². The van der Waals surface area contributed by atoms with Gasteiger partial charge in [-0.3, -0.25) is 4.79 Å². The van der Waals surface area contributed by atoms with Gasteiger partial charge in [0.1, 0.15) is 5.75 Å². The van der Waals surface area contributed by atoms with Gasteiger partial charge >= 0.3 is 0 Å². The molecule has 26 heavy (non-hydrogen) atoms. The molecule has 1 aliphatic heterocycles. The molecule has 2 aromatic carbocycles. The van der Waals surface area contributed by atoms with Gasteiger partial charge in [0.2, 0.25) is 5.91 Å². The molecule has 138 valence electrons. The van der Waals surface area contributed by atoms with Crippen LogP contribution in [0.1, 0.15) is 12.0 Å². The molecule has 5 heteroatoms. The molecular formula is C21H28N3O2+. The summed E-state index contributed by atoms with van der Waals surface area (Å²) in [6.07, 6.45) is 0.554. The summed E-state index contributed by atoms with van der Waals surface area (Å²) in [6, 6.07) is 16.1. The maximum Gasteiger partial charge on any atom is 0.230 e. The average molecular weight is 354 g/mol. The number of rotatable bonds is 6. The Bertz CT molecular complexity index is 740. The van der Waals surface area contributed by atoms with Crippen molar-refractivity contribution in [2.24, 2.45) is 0 Å². The van der Waals surface area contributed by atoms with Crippen molar-refractivity contribution in [1.82, 2.24) is 0 Å². The lowest BCUT2D eigenvalue weighted by atomic mass is 10.2. The van der Waals surface area contributed by atoms with Crippen LogP contribution in [-0.2, 0) is 4.79 Å². The maximum absolute atomic E-state index is 12.2. The first-order chi connectivity index (χ1) is 12.7. The van der Waals surface area contributed by atoms with Gasteiger partial charge in [-0.25, -0.2) is 0 Å². The van der Waals surface area contributed by atoms with Gasteiger partial charge in [0, 0.05) is 5.69 Å². The summed E-state index contributed by atoms with van der Waals surface area (Å²) in [4.78, 5) is 16.1. The molecule has 3 rings (SSSR count). The van der Waals surface area contributed by atoms with Gasteiger partial charge in [-0.05, 0) is 30.7 Å². The number of para-hydroxylation sites is 3. The predicted molar refractivity (Wildman–Crippen MR) is 105 cm³/mol. The van der Waals surface area contributed by atoms with Gasteiger partial charge in [0.15, 0.2) is 0 Å². The highest BCUT2D eigenvalue weighted by atomic mass is 16.5. The van der Waals surface area contributed by atoms with E-state index in [1.165, 1.54) is 4.90 Å². The number of hydrogen-bond donors (Lipinski definition) is 2. The molecule has 1 heterocycles. The van der Waals surface area contributed by atoms with Crippen LogP contribution in [0.3, 0.4) is 0 Å². The number of aryl methyl sites for hydroxylation is 1. The Morgan fingerprint density at radius 3 is 2.54 bits per heavy atom. The lowest BCUT2D eigenvalue weighted by Gasteiger charge is -2.34. The Morgan fingerprint density at radius 1 is 1.12 bits per heavy atom. The molecule has 0 bridgehead atoms. The van der Waals surface area contributed by atoms with E-state index in [1.807, 2.05) is 49.4 Å². The number of nitrogens with one attached hydrogen (secondary N) is 2. The third-order valence-corrected chi connectivity index (χ3v) is 5.02. The van der Waals surface area contributed by atoms with E-state index >= 15 is 0 Å². The molecule has 2 aromatic rings. The standard InChI is InChI=1S/C21H27N3O2/c1-17-7-3-4-8-18(17)22-21(25)11-12-23-13-15-24(16-14-23)19-9-5-6-10-20(19)26-2/h3-10H,11-16H2,1-2H3,(H,22,25)/p+1. The molecule has 1 saturated heterocycles. The van der Waals surface area contributed by atoms with E-state index in [4.69, 9.17) is 4.74 Å². The van der Waals surface area contributed by atoms with Crippen LogP contribution < -0.4 is 19.9 Å². The largest absolute Gasteiger partial charge is 0.495 e. The monoisotopic (exact) mass is 354 g/mol. The molecule has 5 nitrogen and oxygen atoms in total. The molecule has 1 amide bonds. The molecule has 1 aliphatic rings. The number of anilines is 2. The topological polar surface area (TPSA) is 46.0 Å². The molecule has 0 aliphatic carbocycles. The van der Waals surface area contributed by atoms with Gasteiger partial charge in [0.25, 0.3) is 0 Å². The van der Waals surface area contributed by atoms with Crippen molar-refractivity contribution < 1.29 is 14.4 Å². The summed E-state index contributed by atoms with van der Waals surface area (Å²) in [5.41, 5.74) is 3.17. The van der Waals surface area contributed by atoms with Crippen molar-refractivity contribution in [1.29, 1.82) is 0 Å². The number of methoxy groups -OCH3 is 1. The Hall–Kier alpha value is -2.53. The van der Waals surface area contributed by atoms with Crippen molar-refractivity contribution in [3.8, 4) is 5.75 Å². The third-order valence-electron chi connectivity index (χ3n) is 5.02. The maximum atomic E-state index is 12.2. The zero-order chi connectivity index (χ0) is 18.4. The minimum atomic E-state index is 0.0963. The van der Waals surface area contributed by atoms with E-state index in [0.29, 0.717) is 6.42 Å². The molecular weight excluding hydrogens is 326 g/mol. The van der Waals surface area contributed by atoms with Crippen LogP contribution in [0, 0.1) is 6.92 Å². The smallest absolute Gasteiger partial charge is 0.230 e. The van der Waals surface area contributed by atoms with Crippen LogP contribution in [0.15, 0.2) is 48.5 Å². The number of hydrogen-bond acceptors (Lipinski definition) is 3. The van der Waals surface area contributed by atoms with Gasteiger partial charge in [0.05, 0.1) is 51.9 Å². The highest BCUT2D eigenvalue weighted by molar-refractivity contribution is 5.91. The minimum absolute atomic E-state index is 0.0963. The molecule has 0 atom stereocenters. The summed E-state index contributed by atoms with van der Waals surface area (Å²) in [7, 11) is 1.72. The fourth-order valence-corrected chi connectivity index (χ4v) is 3.42. The summed E-state index contributed by atoms with van der Waals surface area (Å²) in [5, 5.41) is 3.02. The Kier molecular flexibility index (Phi) is 6.12. The van der Waals surface area contributed by atoms with E-state index in [-0.39, 0.29) is 5.91 Å². The predicted octanol–water partition coefficient (Wildman–Crippen LogP) is 1.74. The Morgan fingerprint density at radius 2 is 1.81 bits per heavy atom. The first kappa shape index (κ1) is 18.3. The zero-order valence-corrected chi connectivity index (χ0v) is 15.6. The van der Waals surface area contributed by atoms with Crippen LogP contribution >= 0.6 is 0 Å². The molecule has 0 unspecified atom stereocenters. The van der Waals surface area contributed by atoms with Crippen molar-refractivity contribution in [2.75, 3.05) is 50.1 Å². The Labute approximate surface area is 155 Å². The average Bonchev–Trinajstić information content (AvgIpc) is 2.68. The first-order valence-electron chi connectivity index (χ1n) is 9.24. The van der Waals surface area contributed by atoms with E-state index in [2.05, 4.69) is 16.3 Å². The number of carbonyl (C=O) groups excluding carboxylic acids is 1. The number of benzene rings is 2. The SMILES string of the molecule is COc1ccccc1N1CC[NH+](CCC(=O)Nc2ccccc2C)CC1. The van der Waals surface area contributed by atoms with Gasteiger partial charge in [-0.1, -0.05) is 30.3 Å². The van der Waals surface area contributed by atoms with Crippen LogP contribution in [-0.4, -0.2) is 45.7 Å². The fraction of sp³-hybridized carbons (Fsp3) is 0.381. The zero-order valence-electron chi connectivity index (χ0n) is 15.6. The van der Waals surface area contributed by atoms with Crippen molar-refractivity contribution >= 4 is 17.3 Å². The number of carbonyl (C=O) groups is 1. The molecule has 0 spiro atoms. The number of amides is 1. The van der Waals surface area contributed by atoms with Crippen molar-refractivity contribution in [3.63, 3.8) is 0 Å². The van der Waals surface area contributed by atoms with Crippen LogP contribution in [0.25, 0.3) is 0 Å². The molecule has 0 saturated carbocycles. The highest BCUT2D eigenvalue weighted by Gasteiger charge is 2.22. The van der Waals surface area contributed by atoms with Crippen LogP contribution in [0.4, 0.5) is 11.4 Å². The summed E-state index contributed by atoms with van der Waals surface area (Å²) in [6.45, 7) is 6.92. The number of piperazine rings is 1. The second-order valence-corrected chi connectivity index (χ2v) is 6.77. The molecule has 0 radical (unpaired) electrons. The summed E-state index contributed by atoms with van der Waals surface area (Å²) >= 11 is 0. The van der Waals surface area contributed by atoms with Gasteiger partial charge in [-0.2, -0.15) is 0 Å². The third kappa shape index (κ3) is 4.55. The van der Waals surface area contributed by atoms with Gasteiger partial charge in [-0.15, -0.1) is 0 Å². The number of quaternary nitrogens is 1.